The molecule has 0 aliphatic carbocycles. The van der Waals surface area contributed by atoms with Crippen molar-refractivity contribution < 1.29 is 14.6 Å². The van der Waals surface area contributed by atoms with Crippen LogP contribution in [0.3, 0.4) is 0 Å². The van der Waals surface area contributed by atoms with Crippen LogP contribution < -0.4 is 9.47 Å². The van der Waals surface area contributed by atoms with Gasteiger partial charge in [-0.1, -0.05) is 30.3 Å². The zero-order valence-electron chi connectivity index (χ0n) is 12.0. The number of fused-ring (bicyclic) bond motifs is 1. The molecule has 3 nitrogen and oxygen atoms in total. The van der Waals surface area contributed by atoms with Crippen molar-refractivity contribution in [3.8, 4) is 28.4 Å². The summed E-state index contributed by atoms with van der Waals surface area (Å²) < 4.78 is 10.7. The van der Waals surface area contributed by atoms with Crippen molar-refractivity contribution in [2.75, 3.05) is 14.2 Å². The quantitative estimate of drug-likeness (QED) is 0.780. The maximum Gasteiger partial charge on any atom is 0.130 e. The third-order valence-electron chi connectivity index (χ3n) is 3.56. The van der Waals surface area contributed by atoms with Gasteiger partial charge in [-0.25, -0.2) is 0 Å². The van der Waals surface area contributed by atoms with Gasteiger partial charge in [-0.3, -0.25) is 0 Å². The van der Waals surface area contributed by atoms with Gasteiger partial charge in [0.2, 0.25) is 0 Å². The highest BCUT2D eigenvalue weighted by atomic mass is 16.5. The van der Waals surface area contributed by atoms with E-state index < -0.39 is 0 Å². The summed E-state index contributed by atoms with van der Waals surface area (Å²) >= 11 is 0. The number of ether oxygens (including phenoxy) is 2. The topological polar surface area (TPSA) is 38.7 Å². The van der Waals surface area contributed by atoms with Crippen molar-refractivity contribution in [1.82, 2.24) is 0 Å². The Bertz CT molecular complexity index is 779. The minimum absolute atomic E-state index is 0.183. The Labute approximate surface area is 123 Å². The minimum Gasteiger partial charge on any atom is -0.507 e. The number of phenolic OH excluding ortho intramolecular Hbond substituents is 1. The Morgan fingerprint density at radius 1 is 0.762 bits per heavy atom. The lowest BCUT2D eigenvalue weighted by molar-refractivity contribution is 0.407. The van der Waals surface area contributed by atoms with Crippen LogP contribution in [0.4, 0.5) is 0 Å². The van der Waals surface area contributed by atoms with Crippen LogP contribution in [0.2, 0.25) is 0 Å². The van der Waals surface area contributed by atoms with Gasteiger partial charge >= 0.3 is 0 Å². The normalized spacial score (nSPS) is 10.6. The van der Waals surface area contributed by atoms with Crippen LogP contribution in [-0.2, 0) is 0 Å². The van der Waals surface area contributed by atoms with Crippen LogP contribution in [0.25, 0.3) is 21.9 Å². The lowest BCUT2D eigenvalue weighted by Crippen LogP contribution is -1.90. The van der Waals surface area contributed by atoms with E-state index in [9.17, 15) is 5.11 Å². The van der Waals surface area contributed by atoms with Gasteiger partial charge in [0.05, 0.1) is 19.6 Å². The average Bonchev–Trinajstić information content (AvgIpc) is 2.54. The molecule has 0 radical (unpaired) electrons. The molecule has 106 valence electrons. The van der Waals surface area contributed by atoms with Crippen molar-refractivity contribution in [1.29, 1.82) is 0 Å². The van der Waals surface area contributed by atoms with E-state index in [2.05, 4.69) is 0 Å². The summed E-state index contributed by atoms with van der Waals surface area (Å²) in [4.78, 5) is 0. The van der Waals surface area contributed by atoms with Gasteiger partial charge in [-0.05, 0) is 35.4 Å². The van der Waals surface area contributed by atoms with Gasteiger partial charge in [0.1, 0.15) is 17.2 Å². The van der Waals surface area contributed by atoms with Crippen molar-refractivity contribution in [3.63, 3.8) is 0 Å². The van der Waals surface area contributed by atoms with Gasteiger partial charge in [-0.15, -0.1) is 0 Å². The fourth-order valence-electron chi connectivity index (χ4n) is 2.55. The monoisotopic (exact) mass is 280 g/mol. The van der Waals surface area contributed by atoms with Gasteiger partial charge in [0.15, 0.2) is 0 Å². The maximum atomic E-state index is 10.4. The molecule has 0 amide bonds. The number of hydrogen-bond acceptors (Lipinski definition) is 3. The lowest BCUT2D eigenvalue weighted by atomic mass is 9.99. The molecule has 3 aromatic carbocycles. The van der Waals surface area contributed by atoms with Crippen molar-refractivity contribution in [3.05, 3.63) is 54.6 Å². The molecule has 0 aliphatic heterocycles. The summed E-state index contributed by atoms with van der Waals surface area (Å²) in [5.74, 6) is 1.52. The Balaban J connectivity index is 2.33. The minimum atomic E-state index is 0.183. The first kappa shape index (κ1) is 13.3. The first-order valence-electron chi connectivity index (χ1n) is 6.67. The molecule has 0 unspecified atom stereocenters. The molecular formula is C18H16O3. The van der Waals surface area contributed by atoms with Gasteiger partial charge in [0, 0.05) is 5.39 Å². The molecule has 3 heteroatoms. The highest BCUT2D eigenvalue weighted by Crippen LogP contribution is 2.41. The fraction of sp³-hybridized carbons (Fsp3) is 0.111. The second kappa shape index (κ2) is 5.37. The Hall–Kier alpha value is -2.68. The number of aromatic hydroxyl groups is 1. The molecule has 21 heavy (non-hydrogen) atoms. The summed E-state index contributed by atoms with van der Waals surface area (Å²) in [7, 11) is 3.21. The molecule has 3 rings (SSSR count). The van der Waals surface area contributed by atoms with E-state index in [0.717, 1.165) is 16.5 Å². The van der Waals surface area contributed by atoms with E-state index in [1.54, 1.807) is 26.4 Å². The molecule has 0 saturated carbocycles. The molecule has 3 aromatic rings. The molecule has 1 N–H and O–H groups in total. The smallest absolute Gasteiger partial charge is 0.130 e. The molecule has 0 heterocycles. The van der Waals surface area contributed by atoms with E-state index in [4.69, 9.17) is 9.47 Å². The zero-order chi connectivity index (χ0) is 14.8. The van der Waals surface area contributed by atoms with E-state index in [-0.39, 0.29) is 5.75 Å². The van der Waals surface area contributed by atoms with Gasteiger partial charge < -0.3 is 14.6 Å². The number of phenols is 1. The van der Waals surface area contributed by atoms with E-state index in [1.165, 1.54) is 0 Å². The summed E-state index contributed by atoms with van der Waals surface area (Å²) in [6.45, 7) is 0. The number of benzene rings is 3. The van der Waals surface area contributed by atoms with Crippen LogP contribution in [0.15, 0.2) is 54.6 Å². The van der Waals surface area contributed by atoms with E-state index >= 15 is 0 Å². The Morgan fingerprint density at radius 2 is 1.43 bits per heavy atom. The van der Waals surface area contributed by atoms with Crippen LogP contribution >= 0.6 is 0 Å². The largest absolute Gasteiger partial charge is 0.507 e. The predicted octanol–water partition coefficient (Wildman–Crippen LogP) is 4.23. The summed E-state index contributed by atoms with van der Waals surface area (Å²) in [6, 6.07) is 17.3. The third kappa shape index (κ3) is 2.27. The Morgan fingerprint density at radius 3 is 2.10 bits per heavy atom. The highest BCUT2D eigenvalue weighted by molar-refractivity contribution is 6.00. The van der Waals surface area contributed by atoms with Crippen molar-refractivity contribution in [2.45, 2.75) is 0 Å². The summed E-state index contributed by atoms with van der Waals surface area (Å²) in [5, 5.41) is 11.9. The third-order valence-corrected chi connectivity index (χ3v) is 3.56. The highest BCUT2D eigenvalue weighted by Gasteiger charge is 2.13. The van der Waals surface area contributed by atoms with Gasteiger partial charge in [-0.2, -0.15) is 0 Å². The van der Waals surface area contributed by atoms with E-state index in [0.29, 0.717) is 16.9 Å². The molecular weight excluding hydrogens is 264 g/mol. The SMILES string of the molecule is COc1ccc(OC)c2c(O)cc(-c3ccccc3)cc12. The molecule has 0 atom stereocenters. The molecule has 0 aliphatic rings. The van der Waals surface area contributed by atoms with Crippen molar-refractivity contribution in [2.24, 2.45) is 0 Å². The standard InChI is InChI=1S/C18H16O3/c1-20-16-8-9-17(21-2)18-14(16)10-13(11-15(18)19)12-6-4-3-5-7-12/h3-11,19H,1-2H3. The molecule has 0 saturated heterocycles. The number of methoxy groups -OCH3 is 2. The number of rotatable bonds is 3. The van der Waals surface area contributed by atoms with Crippen molar-refractivity contribution >= 4 is 10.8 Å². The van der Waals surface area contributed by atoms with Crippen LogP contribution in [-0.4, -0.2) is 19.3 Å². The molecule has 0 fully saturated rings. The zero-order valence-corrected chi connectivity index (χ0v) is 12.0. The molecule has 0 aromatic heterocycles. The second-order valence-corrected chi connectivity index (χ2v) is 4.75. The second-order valence-electron chi connectivity index (χ2n) is 4.75. The molecule has 0 spiro atoms. The predicted molar refractivity (Wildman–Crippen MR) is 84.2 cm³/mol. The average molecular weight is 280 g/mol. The summed E-state index contributed by atoms with van der Waals surface area (Å²) in [5.41, 5.74) is 1.98. The van der Waals surface area contributed by atoms with Crippen LogP contribution in [0, 0.1) is 0 Å². The fourth-order valence-corrected chi connectivity index (χ4v) is 2.55. The van der Waals surface area contributed by atoms with E-state index in [1.807, 2.05) is 42.5 Å². The molecule has 0 bridgehead atoms. The maximum absolute atomic E-state index is 10.4. The van der Waals surface area contributed by atoms with Crippen LogP contribution in [0.1, 0.15) is 0 Å². The number of hydrogen-bond donors (Lipinski definition) is 1. The van der Waals surface area contributed by atoms with Gasteiger partial charge in [0.25, 0.3) is 0 Å². The van der Waals surface area contributed by atoms with Crippen LogP contribution in [0.5, 0.6) is 17.2 Å². The first-order valence-corrected chi connectivity index (χ1v) is 6.67. The Kier molecular flexibility index (Phi) is 3.40. The lowest BCUT2D eigenvalue weighted by Gasteiger charge is -2.13. The summed E-state index contributed by atoms with van der Waals surface area (Å²) in [6.07, 6.45) is 0. The first-order chi connectivity index (χ1) is 10.2.